The molecule has 0 saturated carbocycles. The van der Waals surface area contributed by atoms with Crippen molar-refractivity contribution >= 4 is 44.9 Å². The van der Waals surface area contributed by atoms with E-state index >= 15 is 0 Å². The number of halogens is 1. The van der Waals surface area contributed by atoms with E-state index in [0.29, 0.717) is 34.8 Å². The number of hydrogen-bond acceptors (Lipinski definition) is 5. The minimum Gasteiger partial charge on any atom is -0.322 e. The van der Waals surface area contributed by atoms with Gasteiger partial charge in [-0.1, -0.05) is 47.5 Å². The third-order valence-electron chi connectivity index (χ3n) is 8.02. The molecule has 4 aromatic rings. The number of aryl methyl sites for hydroxylation is 3. The maximum Gasteiger partial charge on any atom is 0.296 e. The van der Waals surface area contributed by atoms with Gasteiger partial charge >= 0.3 is 0 Å². The van der Waals surface area contributed by atoms with Gasteiger partial charge in [0.2, 0.25) is 0 Å². The number of carbonyl (C=O) groups is 2. The van der Waals surface area contributed by atoms with E-state index in [-0.39, 0.29) is 29.2 Å². The van der Waals surface area contributed by atoms with E-state index in [1.807, 2.05) is 51.1 Å². The molecule has 0 aliphatic carbocycles. The molecule has 1 N–H and O–H groups in total. The molecule has 7 nitrogen and oxygen atoms in total. The normalized spacial score (nSPS) is 14.9. The van der Waals surface area contributed by atoms with Crippen molar-refractivity contribution in [2.45, 2.75) is 50.8 Å². The lowest BCUT2D eigenvalue weighted by atomic mass is 9.91. The van der Waals surface area contributed by atoms with Crippen molar-refractivity contribution in [3.63, 3.8) is 0 Å². The number of hydrogen-bond donors (Lipinski definition) is 1. The zero-order valence-corrected chi connectivity index (χ0v) is 26.5. The molecule has 0 bridgehead atoms. The highest BCUT2D eigenvalue weighted by Gasteiger charge is 2.29. The Bertz CT molecular complexity index is 1800. The van der Waals surface area contributed by atoms with E-state index in [2.05, 4.69) is 5.32 Å². The second kappa shape index (κ2) is 13.3. The first-order chi connectivity index (χ1) is 21.0. The molecule has 1 atom stereocenters. The standard InChI is InChI=1S/C35H35ClN2O5S/c1-23-10-14-29(15-11-23)44(41,42)43-20-18-26-8-6-19-38(33-17-12-27(36)22-32(26)33)35(40)31-16-13-28(21-25(31)3)37-34(39)30-9-5-4-7-24(30)2/h4-5,7,9-17,21-22,26H,6,8,18-20H2,1-3H3,(H,37,39). The fraction of sp³-hybridized carbons (Fsp3) is 0.257. The van der Waals surface area contributed by atoms with Crippen LogP contribution >= 0.6 is 11.6 Å². The van der Waals surface area contributed by atoms with Crippen LogP contribution in [0.3, 0.4) is 0 Å². The summed E-state index contributed by atoms with van der Waals surface area (Å²) in [6.07, 6.45) is 1.92. The van der Waals surface area contributed by atoms with Crippen LogP contribution in [0.15, 0.2) is 89.8 Å². The van der Waals surface area contributed by atoms with Crippen molar-refractivity contribution in [3.05, 3.63) is 123 Å². The van der Waals surface area contributed by atoms with Crippen LogP contribution < -0.4 is 10.2 Å². The molecule has 0 spiro atoms. The van der Waals surface area contributed by atoms with Crippen LogP contribution in [0.25, 0.3) is 0 Å². The maximum absolute atomic E-state index is 14.0. The lowest BCUT2D eigenvalue weighted by molar-refractivity contribution is 0.0985. The monoisotopic (exact) mass is 630 g/mol. The molecule has 1 aliphatic rings. The molecule has 0 aromatic heterocycles. The molecular formula is C35H35ClN2O5S. The first-order valence-electron chi connectivity index (χ1n) is 14.6. The van der Waals surface area contributed by atoms with Crippen LogP contribution in [-0.2, 0) is 14.3 Å². The molecular weight excluding hydrogens is 596 g/mol. The van der Waals surface area contributed by atoms with Gasteiger partial charge in [0, 0.05) is 34.1 Å². The Morgan fingerprint density at radius 3 is 2.39 bits per heavy atom. The average molecular weight is 631 g/mol. The Hall–Kier alpha value is -3.98. The fourth-order valence-electron chi connectivity index (χ4n) is 5.61. The Kier molecular flexibility index (Phi) is 9.53. The van der Waals surface area contributed by atoms with Crippen molar-refractivity contribution in [1.29, 1.82) is 0 Å². The van der Waals surface area contributed by atoms with Crippen LogP contribution in [0.5, 0.6) is 0 Å². The summed E-state index contributed by atoms with van der Waals surface area (Å²) < 4.78 is 30.9. The quantitative estimate of drug-likeness (QED) is 0.200. The summed E-state index contributed by atoms with van der Waals surface area (Å²) in [5.41, 5.74) is 5.96. The molecule has 5 rings (SSSR count). The van der Waals surface area contributed by atoms with Crippen LogP contribution in [0.4, 0.5) is 11.4 Å². The molecule has 9 heteroatoms. The van der Waals surface area contributed by atoms with Gasteiger partial charge in [-0.2, -0.15) is 8.42 Å². The highest BCUT2D eigenvalue weighted by molar-refractivity contribution is 7.86. The van der Waals surface area contributed by atoms with Gasteiger partial charge in [0.25, 0.3) is 21.9 Å². The largest absolute Gasteiger partial charge is 0.322 e. The third kappa shape index (κ3) is 7.04. The number of rotatable bonds is 8. The molecule has 2 amide bonds. The van der Waals surface area contributed by atoms with E-state index in [1.54, 1.807) is 59.5 Å². The molecule has 4 aromatic carbocycles. The smallest absolute Gasteiger partial charge is 0.296 e. The fourth-order valence-corrected chi connectivity index (χ4v) is 6.71. The van der Waals surface area contributed by atoms with Crippen LogP contribution in [0, 0.1) is 20.8 Å². The van der Waals surface area contributed by atoms with Crippen molar-refractivity contribution in [2.75, 3.05) is 23.4 Å². The lowest BCUT2D eigenvalue weighted by Crippen LogP contribution is -2.32. The van der Waals surface area contributed by atoms with E-state index < -0.39 is 10.1 Å². The summed E-state index contributed by atoms with van der Waals surface area (Å²) in [7, 11) is -3.88. The molecule has 44 heavy (non-hydrogen) atoms. The molecule has 1 unspecified atom stereocenters. The molecule has 0 radical (unpaired) electrons. The van der Waals surface area contributed by atoms with Crippen molar-refractivity contribution in [1.82, 2.24) is 0 Å². The molecule has 1 heterocycles. The second-order valence-corrected chi connectivity index (χ2v) is 13.2. The summed E-state index contributed by atoms with van der Waals surface area (Å²) in [5.74, 6) is -0.405. The Labute approximate surface area is 263 Å². The minimum absolute atomic E-state index is 0.00950. The summed E-state index contributed by atoms with van der Waals surface area (Å²) in [5, 5.41) is 3.48. The highest BCUT2D eigenvalue weighted by atomic mass is 35.5. The highest BCUT2D eigenvalue weighted by Crippen LogP contribution is 2.39. The van der Waals surface area contributed by atoms with Gasteiger partial charge in [0.1, 0.15) is 0 Å². The van der Waals surface area contributed by atoms with Crippen LogP contribution in [0.1, 0.15) is 68.2 Å². The predicted octanol–water partition coefficient (Wildman–Crippen LogP) is 7.84. The topological polar surface area (TPSA) is 92.8 Å². The zero-order chi connectivity index (χ0) is 31.4. The summed E-state index contributed by atoms with van der Waals surface area (Å²) in [6, 6.07) is 24.7. The second-order valence-electron chi connectivity index (χ2n) is 11.2. The van der Waals surface area contributed by atoms with Crippen LogP contribution in [0.2, 0.25) is 5.02 Å². The van der Waals surface area contributed by atoms with Crippen LogP contribution in [-0.4, -0.2) is 33.4 Å². The van der Waals surface area contributed by atoms with Gasteiger partial charge in [0.15, 0.2) is 0 Å². The average Bonchev–Trinajstić information content (AvgIpc) is 3.16. The maximum atomic E-state index is 14.0. The van der Waals surface area contributed by atoms with E-state index in [9.17, 15) is 18.0 Å². The summed E-state index contributed by atoms with van der Waals surface area (Å²) in [6.45, 7) is 6.14. The third-order valence-corrected chi connectivity index (χ3v) is 9.58. The van der Waals surface area contributed by atoms with Gasteiger partial charge < -0.3 is 10.2 Å². The number of carbonyl (C=O) groups excluding carboxylic acids is 2. The SMILES string of the molecule is Cc1ccc(S(=O)(=O)OCCC2CCCN(C(=O)c3ccc(NC(=O)c4ccccc4C)cc3C)c3ccc(Cl)cc32)cc1. The molecule has 1 aliphatic heterocycles. The number of fused-ring (bicyclic) bond motifs is 1. The number of benzene rings is 4. The Morgan fingerprint density at radius 2 is 1.66 bits per heavy atom. The van der Waals surface area contributed by atoms with Crippen molar-refractivity contribution in [2.24, 2.45) is 0 Å². The molecule has 0 saturated heterocycles. The van der Waals surface area contributed by atoms with E-state index in [0.717, 1.165) is 40.8 Å². The number of nitrogens with zero attached hydrogens (tertiary/aromatic N) is 1. The number of amides is 2. The number of anilines is 2. The summed E-state index contributed by atoms with van der Waals surface area (Å²) >= 11 is 6.41. The van der Waals surface area contributed by atoms with Gasteiger partial charge in [-0.15, -0.1) is 0 Å². The predicted molar refractivity (Wildman–Crippen MR) is 174 cm³/mol. The lowest BCUT2D eigenvalue weighted by Gasteiger charge is -2.25. The number of nitrogens with one attached hydrogen (secondary N) is 1. The Morgan fingerprint density at radius 1 is 0.909 bits per heavy atom. The minimum atomic E-state index is -3.88. The Balaban J connectivity index is 1.32. The van der Waals surface area contributed by atoms with E-state index in [1.165, 1.54) is 0 Å². The van der Waals surface area contributed by atoms with E-state index in [4.69, 9.17) is 15.8 Å². The van der Waals surface area contributed by atoms with Gasteiger partial charge in [-0.05, 0) is 117 Å². The van der Waals surface area contributed by atoms with Gasteiger partial charge in [-0.25, -0.2) is 0 Å². The summed E-state index contributed by atoms with van der Waals surface area (Å²) in [4.78, 5) is 28.7. The van der Waals surface area contributed by atoms with Crippen molar-refractivity contribution < 1.29 is 22.2 Å². The van der Waals surface area contributed by atoms with Gasteiger partial charge in [0.05, 0.1) is 11.5 Å². The first kappa shape index (κ1) is 31.4. The zero-order valence-electron chi connectivity index (χ0n) is 25.0. The first-order valence-corrected chi connectivity index (χ1v) is 16.4. The van der Waals surface area contributed by atoms with Gasteiger partial charge in [-0.3, -0.25) is 13.8 Å². The van der Waals surface area contributed by atoms with Crippen molar-refractivity contribution in [3.8, 4) is 0 Å². The molecule has 0 fully saturated rings. The molecule has 228 valence electrons.